The normalized spacial score (nSPS) is 22.3. The quantitative estimate of drug-likeness (QED) is 0.481. The van der Waals surface area contributed by atoms with Crippen LogP contribution in [0.3, 0.4) is 0 Å². The van der Waals surface area contributed by atoms with Gasteiger partial charge >= 0.3 is 0 Å². The molecular formula is C24H22BrCl2N3O2. The number of nitrogens with zero attached hydrogens (tertiary/aromatic N) is 2. The van der Waals surface area contributed by atoms with Gasteiger partial charge in [-0.05, 0) is 64.5 Å². The number of halogens is 3. The lowest BCUT2D eigenvalue weighted by Crippen LogP contribution is -2.41. The highest BCUT2D eigenvalue weighted by molar-refractivity contribution is 9.10. The number of benzene rings is 1. The lowest BCUT2D eigenvalue weighted by molar-refractivity contribution is -0.119. The van der Waals surface area contributed by atoms with E-state index in [0.29, 0.717) is 45.6 Å². The third kappa shape index (κ3) is 4.54. The molecule has 1 amide bonds. The Kier molecular flexibility index (Phi) is 6.31. The van der Waals surface area contributed by atoms with Crippen LogP contribution in [0.1, 0.15) is 45.1 Å². The fraction of sp³-hybridized carbons (Fsp3) is 0.333. The van der Waals surface area contributed by atoms with Crippen molar-refractivity contribution >= 4 is 62.4 Å². The number of ketones is 1. The molecule has 0 bridgehead atoms. The van der Waals surface area contributed by atoms with Crippen LogP contribution in [0.2, 0.25) is 10.0 Å². The van der Waals surface area contributed by atoms with Gasteiger partial charge in [-0.25, -0.2) is 4.98 Å². The maximum absolute atomic E-state index is 13.5. The number of anilines is 1. The van der Waals surface area contributed by atoms with Gasteiger partial charge in [0.05, 0.1) is 5.92 Å². The van der Waals surface area contributed by atoms with E-state index in [9.17, 15) is 9.59 Å². The Balaban J connectivity index is 1.82. The second kappa shape index (κ2) is 8.73. The second-order valence-electron chi connectivity index (χ2n) is 9.03. The Morgan fingerprint density at radius 1 is 1.19 bits per heavy atom. The molecule has 0 saturated heterocycles. The van der Waals surface area contributed by atoms with Crippen molar-refractivity contribution in [1.29, 1.82) is 0 Å². The highest BCUT2D eigenvalue weighted by Gasteiger charge is 2.46. The zero-order chi connectivity index (χ0) is 23.2. The maximum atomic E-state index is 13.5. The molecule has 166 valence electrons. The van der Waals surface area contributed by atoms with E-state index in [-0.39, 0.29) is 17.1 Å². The van der Waals surface area contributed by atoms with Crippen LogP contribution in [0, 0.1) is 11.3 Å². The lowest BCUT2D eigenvalue weighted by atomic mass is 9.66. The Labute approximate surface area is 205 Å². The first-order valence-corrected chi connectivity index (χ1v) is 11.8. The average molecular weight is 535 g/mol. The molecule has 1 aliphatic carbocycles. The van der Waals surface area contributed by atoms with Crippen LogP contribution in [0.15, 0.2) is 57.3 Å². The zero-order valence-corrected chi connectivity index (χ0v) is 21.0. The van der Waals surface area contributed by atoms with Crippen LogP contribution in [0.25, 0.3) is 0 Å². The SMILES string of the molecule is CC1=NC2=C(C(=O)CC(C)(C)C2)[C@@H](c2ccc(Cl)cc2Cl)C1C(=O)Nc1ccc(Br)cn1. The third-order valence-corrected chi connectivity index (χ3v) is 6.89. The topological polar surface area (TPSA) is 71.4 Å². The summed E-state index contributed by atoms with van der Waals surface area (Å²) in [6, 6.07) is 8.67. The molecule has 5 nitrogen and oxygen atoms in total. The molecule has 2 aliphatic rings. The third-order valence-electron chi connectivity index (χ3n) is 5.86. The summed E-state index contributed by atoms with van der Waals surface area (Å²) in [5.74, 6) is -1.12. The number of allylic oxidation sites excluding steroid dienone is 2. The molecule has 0 spiro atoms. The first kappa shape index (κ1) is 23.1. The van der Waals surface area contributed by atoms with Crippen molar-refractivity contribution in [1.82, 2.24) is 4.98 Å². The molecule has 4 rings (SSSR count). The fourth-order valence-corrected chi connectivity index (χ4v) is 5.29. The summed E-state index contributed by atoms with van der Waals surface area (Å²) in [6.07, 6.45) is 2.67. The number of Topliss-reactive ketones (excluding diaryl/α,β-unsaturated/α-hetero) is 1. The van der Waals surface area contributed by atoms with E-state index >= 15 is 0 Å². The number of nitrogens with one attached hydrogen (secondary N) is 1. The number of aliphatic imine (C=N–C) groups is 1. The highest BCUT2D eigenvalue weighted by atomic mass is 79.9. The zero-order valence-electron chi connectivity index (χ0n) is 17.9. The van der Waals surface area contributed by atoms with Gasteiger partial charge in [0.25, 0.3) is 0 Å². The number of carbonyl (C=O) groups excluding carboxylic acids is 2. The lowest BCUT2D eigenvalue weighted by Gasteiger charge is -2.39. The van der Waals surface area contributed by atoms with Gasteiger partial charge in [-0.1, -0.05) is 43.1 Å². The van der Waals surface area contributed by atoms with Crippen molar-refractivity contribution in [2.24, 2.45) is 16.3 Å². The smallest absolute Gasteiger partial charge is 0.235 e. The van der Waals surface area contributed by atoms with Crippen LogP contribution in [0.5, 0.6) is 0 Å². The van der Waals surface area contributed by atoms with E-state index < -0.39 is 11.8 Å². The molecule has 1 N–H and O–H groups in total. The Morgan fingerprint density at radius 3 is 2.59 bits per heavy atom. The molecule has 0 saturated carbocycles. The molecule has 0 fully saturated rings. The minimum absolute atomic E-state index is 0.00285. The van der Waals surface area contributed by atoms with Crippen LogP contribution < -0.4 is 5.32 Å². The predicted octanol–water partition coefficient (Wildman–Crippen LogP) is 6.61. The van der Waals surface area contributed by atoms with Crippen LogP contribution in [0.4, 0.5) is 5.82 Å². The van der Waals surface area contributed by atoms with Crippen molar-refractivity contribution in [2.45, 2.75) is 39.5 Å². The van der Waals surface area contributed by atoms with Gasteiger partial charge in [-0.15, -0.1) is 0 Å². The molecule has 2 aromatic rings. The van der Waals surface area contributed by atoms with Gasteiger partial charge < -0.3 is 5.32 Å². The summed E-state index contributed by atoms with van der Waals surface area (Å²) in [7, 11) is 0. The van der Waals surface area contributed by atoms with E-state index in [4.69, 9.17) is 28.2 Å². The number of hydrogen-bond acceptors (Lipinski definition) is 4. The molecule has 0 radical (unpaired) electrons. The standard InChI is InChI=1S/C24H22BrCl2N3O2/c1-12-20(23(32)30-19-7-4-13(25)11-28-19)21(15-6-5-14(26)8-16(15)27)22-17(29-12)9-24(2,3)10-18(22)31/h4-8,11,20-21H,9-10H2,1-3H3,(H,28,30,32)/t20?,21-/m0/s1. The van der Waals surface area contributed by atoms with Gasteiger partial charge in [-0.2, -0.15) is 0 Å². The van der Waals surface area contributed by atoms with Gasteiger partial charge in [0.15, 0.2) is 5.78 Å². The van der Waals surface area contributed by atoms with E-state index in [2.05, 4.69) is 40.1 Å². The van der Waals surface area contributed by atoms with Crippen LogP contribution in [-0.2, 0) is 9.59 Å². The molecule has 2 heterocycles. The number of aromatic nitrogens is 1. The van der Waals surface area contributed by atoms with Crippen molar-refractivity contribution in [3.05, 3.63) is 67.9 Å². The van der Waals surface area contributed by atoms with Gasteiger partial charge in [-0.3, -0.25) is 14.6 Å². The van der Waals surface area contributed by atoms with E-state index in [0.717, 1.165) is 10.2 Å². The summed E-state index contributed by atoms with van der Waals surface area (Å²) in [4.78, 5) is 35.8. The number of rotatable bonds is 3. The first-order chi connectivity index (χ1) is 15.1. The molecule has 8 heteroatoms. The molecule has 32 heavy (non-hydrogen) atoms. The van der Waals surface area contributed by atoms with Crippen molar-refractivity contribution in [2.75, 3.05) is 5.32 Å². The summed E-state index contributed by atoms with van der Waals surface area (Å²) < 4.78 is 0.807. The molecule has 1 aliphatic heterocycles. The molecular weight excluding hydrogens is 513 g/mol. The van der Waals surface area contributed by atoms with E-state index in [1.54, 1.807) is 36.5 Å². The summed E-state index contributed by atoms with van der Waals surface area (Å²) in [5, 5.41) is 3.78. The van der Waals surface area contributed by atoms with Crippen molar-refractivity contribution in [3.8, 4) is 0 Å². The molecule has 1 unspecified atom stereocenters. The Morgan fingerprint density at radius 2 is 1.94 bits per heavy atom. The minimum Gasteiger partial charge on any atom is -0.310 e. The number of pyridine rings is 1. The molecule has 1 aromatic heterocycles. The fourth-order valence-electron chi connectivity index (χ4n) is 4.53. The average Bonchev–Trinajstić information content (AvgIpc) is 2.67. The Hall–Kier alpha value is -2.02. The monoisotopic (exact) mass is 533 g/mol. The first-order valence-electron chi connectivity index (χ1n) is 10.2. The minimum atomic E-state index is -0.706. The molecule has 1 aromatic carbocycles. The number of hydrogen-bond donors (Lipinski definition) is 1. The number of carbonyl (C=O) groups is 2. The maximum Gasteiger partial charge on any atom is 0.235 e. The largest absolute Gasteiger partial charge is 0.310 e. The van der Waals surface area contributed by atoms with E-state index in [1.807, 2.05) is 6.92 Å². The van der Waals surface area contributed by atoms with Gasteiger partial charge in [0.1, 0.15) is 5.82 Å². The van der Waals surface area contributed by atoms with Crippen molar-refractivity contribution in [3.63, 3.8) is 0 Å². The summed E-state index contributed by atoms with van der Waals surface area (Å²) in [5.41, 5.74) is 2.45. The Bertz CT molecular complexity index is 1170. The van der Waals surface area contributed by atoms with Crippen LogP contribution >= 0.6 is 39.1 Å². The number of amides is 1. The highest BCUT2D eigenvalue weighted by Crippen LogP contribution is 2.49. The predicted molar refractivity (Wildman–Crippen MR) is 131 cm³/mol. The van der Waals surface area contributed by atoms with E-state index in [1.165, 1.54) is 0 Å². The summed E-state index contributed by atoms with van der Waals surface area (Å²) in [6.45, 7) is 5.94. The van der Waals surface area contributed by atoms with Gasteiger partial charge in [0, 0.05) is 50.0 Å². The van der Waals surface area contributed by atoms with Crippen LogP contribution in [-0.4, -0.2) is 22.4 Å². The van der Waals surface area contributed by atoms with Gasteiger partial charge in [0.2, 0.25) is 5.91 Å². The molecule has 2 atom stereocenters. The summed E-state index contributed by atoms with van der Waals surface area (Å²) >= 11 is 16.1. The van der Waals surface area contributed by atoms with Crippen molar-refractivity contribution < 1.29 is 9.59 Å². The second-order valence-corrected chi connectivity index (χ2v) is 10.8.